The van der Waals surface area contributed by atoms with E-state index in [-0.39, 0.29) is 20.8 Å². The topological polar surface area (TPSA) is 59.1 Å². The van der Waals surface area contributed by atoms with Crippen molar-refractivity contribution in [1.29, 1.82) is 0 Å². The van der Waals surface area contributed by atoms with Gasteiger partial charge in [0.05, 0.1) is 10.7 Å². The highest BCUT2D eigenvalue weighted by atomic mass is 79.9. The molecule has 0 aliphatic rings. The van der Waals surface area contributed by atoms with Crippen LogP contribution in [0.5, 0.6) is 0 Å². The molecule has 19 heavy (non-hydrogen) atoms. The average Bonchev–Trinajstić information content (AvgIpc) is 2.33. The zero-order valence-corrected chi connectivity index (χ0v) is 13.2. The molecule has 0 atom stereocenters. The maximum atomic E-state index is 12.2. The molecule has 1 heterocycles. The molecular weight excluding hydrogens is 375 g/mol. The van der Waals surface area contributed by atoms with E-state index < -0.39 is 10.0 Å². The molecule has 100 valence electrons. The number of hydrogen-bond acceptors (Lipinski definition) is 3. The first-order chi connectivity index (χ1) is 8.90. The normalized spacial score (nSPS) is 11.3. The summed E-state index contributed by atoms with van der Waals surface area (Å²) in [6.07, 6.45) is 1.41. The Kier molecular flexibility index (Phi) is 4.35. The number of pyridine rings is 1. The second kappa shape index (κ2) is 5.66. The van der Waals surface area contributed by atoms with Gasteiger partial charge in [0.25, 0.3) is 10.0 Å². The van der Waals surface area contributed by atoms with Crippen LogP contribution in [0.15, 0.2) is 45.9 Å². The summed E-state index contributed by atoms with van der Waals surface area (Å²) in [5.74, 6) is 0. The number of anilines is 1. The molecule has 0 spiro atoms. The third kappa shape index (κ3) is 3.39. The fraction of sp³-hybridized carbons (Fsp3) is 0. The van der Waals surface area contributed by atoms with Gasteiger partial charge in [-0.25, -0.2) is 13.4 Å². The number of aromatic nitrogens is 1. The molecule has 0 unspecified atom stereocenters. The van der Waals surface area contributed by atoms with Crippen LogP contribution < -0.4 is 4.72 Å². The minimum Gasteiger partial charge on any atom is -0.278 e. The van der Waals surface area contributed by atoms with Gasteiger partial charge in [-0.2, -0.15) is 0 Å². The molecule has 0 amide bonds. The maximum absolute atomic E-state index is 12.2. The number of halogens is 3. The number of nitrogens with one attached hydrogen (secondary N) is 1. The third-order valence-electron chi connectivity index (χ3n) is 2.19. The fourth-order valence-corrected chi connectivity index (χ4v) is 3.65. The van der Waals surface area contributed by atoms with E-state index in [1.54, 1.807) is 18.2 Å². The van der Waals surface area contributed by atoms with Crippen molar-refractivity contribution in [3.63, 3.8) is 0 Å². The maximum Gasteiger partial charge on any atom is 0.265 e. The van der Waals surface area contributed by atoms with Gasteiger partial charge < -0.3 is 0 Å². The summed E-state index contributed by atoms with van der Waals surface area (Å²) in [6, 6.07) is 7.67. The summed E-state index contributed by atoms with van der Waals surface area (Å²) in [5.41, 5.74) is 0.268. The lowest BCUT2D eigenvalue weighted by molar-refractivity contribution is 0.601. The lowest BCUT2D eigenvalue weighted by atomic mass is 10.3. The van der Waals surface area contributed by atoms with Crippen LogP contribution in [-0.2, 0) is 10.0 Å². The van der Waals surface area contributed by atoms with Crippen LogP contribution in [0.3, 0.4) is 0 Å². The Hall–Kier alpha value is -0.820. The predicted octanol–water partition coefficient (Wildman–Crippen LogP) is 3.95. The molecule has 1 N–H and O–H groups in total. The van der Waals surface area contributed by atoms with Crippen molar-refractivity contribution in [1.82, 2.24) is 4.98 Å². The molecule has 0 saturated heterocycles. The average molecular weight is 382 g/mol. The van der Waals surface area contributed by atoms with Crippen molar-refractivity contribution >= 4 is 54.8 Å². The minimum absolute atomic E-state index is 0.0942. The molecule has 1 aromatic carbocycles. The molecule has 0 aliphatic heterocycles. The molecule has 0 saturated carbocycles. The number of sulfonamides is 1. The van der Waals surface area contributed by atoms with Crippen LogP contribution in [0.25, 0.3) is 0 Å². The summed E-state index contributed by atoms with van der Waals surface area (Å²) in [7, 11) is -3.82. The van der Waals surface area contributed by atoms with Crippen LogP contribution in [0.2, 0.25) is 10.2 Å². The SMILES string of the molecule is O=S(=O)(Nc1ccc(Br)cc1Cl)c1cccnc1Cl. The van der Waals surface area contributed by atoms with E-state index >= 15 is 0 Å². The van der Waals surface area contributed by atoms with Crippen LogP contribution in [0.1, 0.15) is 0 Å². The van der Waals surface area contributed by atoms with Gasteiger partial charge in [0, 0.05) is 10.7 Å². The highest BCUT2D eigenvalue weighted by molar-refractivity contribution is 9.10. The highest BCUT2D eigenvalue weighted by Gasteiger charge is 2.19. The third-order valence-corrected chi connectivity index (χ3v) is 4.81. The second-order valence-electron chi connectivity index (χ2n) is 3.52. The van der Waals surface area contributed by atoms with E-state index in [4.69, 9.17) is 23.2 Å². The first-order valence-electron chi connectivity index (χ1n) is 4.98. The summed E-state index contributed by atoms with van der Waals surface area (Å²) < 4.78 is 27.4. The quantitative estimate of drug-likeness (QED) is 0.818. The Labute approximate surface area is 128 Å². The fourth-order valence-electron chi connectivity index (χ4n) is 1.34. The number of hydrogen-bond donors (Lipinski definition) is 1. The second-order valence-corrected chi connectivity index (χ2v) is 6.85. The van der Waals surface area contributed by atoms with Crippen molar-refractivity contribution in [2.75, 3.05) is 4.72 Å². The van der Waals surface area contributed by atoms with Crippen molar-refractivity contribution in [3.05, 3.63) is 51.2 Å². The smallest absolute Gasteiger partial charge is 0.265 e. The Morgan fingerprint density at radius 1 is 1.21 bits per heavy atom. The van der Waals surface area contributed by atoms with Gasteiger partial charge in [0.15, 0.2) is 0 Å². The van der Waals surface area contributed by atoms with Gasteiger partial charge >= 0.3 is 0 Å². The first kappa shape index (κ1) is 14.6. The lowest BCUT2D eigenvalue weighted by Crippen LogP contribution is -2.14. The summed E-state index contributed by atoms with van der Waals surface area (Å²) in [5, 5.41) is 0.182. The van der Waals surface area contributed by atoms with E-state index in [9.17, 15) is 8.42 Å². The molecule has 4 nitrogen and oxygen atoms in total. The molecular formula is C11H7BrCl2N2O2S. The Balaban J connectivity index is 2.40. The molecule has 0 radical (unpaired) electrons. The molecule has 0 fully saturated rings. The van der Waals surface area contributed by atoms with Gasteiger partial charge in [-0.05, 0) is 30.3 Å². The van der Waals surface area contributed by atoms with E-state index in [0.29, 0.717) is 0 Å². The van der Waals surface area contributed by atoms with Crippen LogP contribution in [0.4, 0.5) is 5.69 Å². The monoisotopic (exact) mass is 380 g/mol. The largest absolute Gasteiger partial charge is 0.278 e. The highest BCUT2D eigenvalue weighted by Crippen LogP contribution is 2.28. The van der Waals surface area contributed by atoms with E-state index in [1.807, 2.05) is 0 Å². The minimum atomic E-state index is -3.82. The zero-order valence-electron chi connectivity index (χ0n) is 9.27. The molecule has 2 aromatic rings. The zero-order chi connectivity index (χ0) is 14.0. The van der Waals surface area contributed by atoms with Gasteiger partial charge in [0.2, 0.25) is 0 Å². The Morgan fingerprint density at radius 3 is 2.58 bits per heavy atom. The number of nitrogens with zero attached hydrogens (tertiary/aromatic N) is 1. The van der Waals surface area contributed by atoms with Crippen LogP contribution in [0, 0.1) is 0 Å². The predicted molar refractivity (Wildman–Crippen MR) is 79.2 cm³/mol. The van der Waals surface area contributed by atoms with Gasteiger partial charge in [-0.15, -0.1) is 0 Å². The van der Waals surface area contributed by atoms with E-state index in [2.05, 4.69) is 25.6 Å². The van der Waals surface area contributed by atoms with Crippen molar-refractivity contribution < 1.29 is 8.42 Å². The van der Waals surface area contributed by atoms with Crippen molar-refractivity contribution in [3.8, 4) is 0 Å². The summed E-state index contributed by atoms with van der Waals surface area (Å²) >= 11 is 15.0. The first-order valence-corrected chi connectivity index (χ1v) is 8.02. The van der Waals surface area contributed by atoms with Crippen molar-refractivity contribution in [2.45, 2.75) is 4.90 Å². The molecule has 1 aromatic heterocycles. The molecule has 0 bridgehead atoms. The summed E-state index contributed by atoms with van der Waals surface area (Å²) in [6.45, 7) is 0. The lowest BCUT2D eigenvalue weighted by Gasteiger charge is -2.10. The van der Waals surface area contributed by atoms with E-state index in [1.165, 1.54) is 18.3 Å². The van der Waals surface area contributed by atoms with Crippen LogP contribution >= 0.6 is 39.1 Å². The van der Waals surface area contributed by atoms with E-state index in [0.717, 1.165) is 4.47 Å². The Morgan fingerprint density at radius 2 is 1.95 bits per heavy atom. The van der Waals surface area contributed by atoms with Crippen LogP contribution in [-0.4, -0.2) is 13.4 Å². The van der Waals surface area contributed by atoms with Gasteiger partial charge in [-0.3, -0.25) is 4.72 Å². The molecule has 8 heteroatoms. The van der Waals surface area contributed by atoms with Gasteiger partial charge in [-0.1, -0.05) is 39.1 Å². The molecule has 0 aliphatic carbocycles. The number of benzene rings is 1. The standard InChI is InChI=1S/C11H7BrCl2N2O2S/c12-7-3-4-9(8(13)6-7)16-19(17,18)10-2-1-5-15-11(10)14/h1-6,16H. The summed E-state index contributed by atoms with van der Waals surface area (Å²) in [4.78, 5) is 3.63. The van der Waals surface area contributed by atoms with Gasteiger partial charge in [0.1, 0.15) is 10.0 Å². The number of rotatable bonds is 3. The Bertz CT molecular complexity index is 722. The molecule has 2 rings (SSSR count). The van der Waals surface area contributed by atoms with Crippen molar-refractivity contribution in [2.24, 2.45) is 0 Å².